The molecule has 11 heterocycles. The van der Waals surface area contributed by atoms with Crippen LogP contribution in [-0.2, 0) is 64.7 Å². The molecule has 3 aromatic rings. The van der Waals surface area contributed by atoms with E-state index in [1.807, 2.05) is 66.0 Å². The van der Waals surface area contributed by atoms with Crippen LogP contribution >= 0.6 is 0 Å². The van der Waals surface area contributed by atoms with Crippen molar-refractivity contribution in [3.05, 3.63) is 113 Å². The molecule has 1 aromatic heterocycles. The number of rotatable bonds is 15. The van der Waals surface area contributed by atoms with Crippen LogP contribution in [0, 0.1) is 0 Å². The summed E-state index contributed by atoms with van der Waals surface area (Å²) in [5, 5.41) is 15.7. The fourth-order valence-corrected chi connectivity index (χ4v) is 18.2. The molecule has 0 bridgehead atoms. The number of amides is 7. The first-order chi connectivity index (χ1) is 53.5. The SMILES string of the molecule is CC(=O)c1ccc(S(=O)(=O)N2C(CC3=CCC=N3)C(=O)NC23CCN(C(=O)OC(C)(C)C)CC3)cc1.CC(=O)c1ccc(S(=O)(=O)N2C(CC3=CCC=N3)C(=O)NC23CCNCC3)cc1.CC(C)(C)OC(=O)N1CCC(=O)CC1.CC(C)(C)OC(=O)N1CCC2(CC1)NC(=O)C(CC1=CCC=N1)N2.NC(=O)C(N)Cc1cnc[nH]1. The molecule has 10 aliphatic heterocycles. The molecule has 7 amide bonds. The first kappa shape index (κ1) is 88.2. The quantitative estimate of drug-likeness (QED) is 0.0642. The van der Waals surface area contributed by atoms with Crippen LogP contribution in [0.2, 0.25) is 0 Å². The molecular formula is C78H109N17O17S2. The number of H-pyrrole nitrogens is 1. The van der Waals surface area contributed by atoms with Gasteiger partial charge < -0.3 is 66.6 Å². The second-order valence-electron chi connectivity index (χ2n) is 32.4. The van der Waals surface area contributed by atoms with Crippen LogP contribution in [0.5, 0.6) is 0 Å². The first-order valence-electron chi connectivity index (χ1n) is 38.4. The fraction of sp³-hybridized carbons (Fsp3) is 0.564. The second kappa shape index (κ2) is 36.8. The van der Waals surface area contributed by atoms with E-state index in [0.29, 0.717) is 120 Å². The Balaban J connectivity index is 0.000000172. The molecule has 34 nitrogen and oxygen atoms in total. The van der Waals surface area contributed by atoms with Gasteiger partial charge >= 0.3 is 18.3 Å². The largest absolute Gasteiger partial charge is 0.444 e. The Bertz CT molecular complexity index is 4470. The van der Waals surface area contributed by atoms with E-state index in [4.69, 9.17) is 25.7 Å². The van der Waals surface area contributed by atoms with Crippen molar-refractivity contribution in [2.24, 2.45) is 26.4 Å². The maximum absolute atomic E-state index is 14.0. The number of nitrogens with one attached hydrogen (secondary N) is 6. The van der Waals surface area contributed by atoms with E-state index in [1.54, 1.807) is 49.2 Å². The number of aliphatic imine (C=N–C) groups is 3. The Labute approximate surface area is 665 Å². The van der Waals surface area contributed by atoms with Crippen molar-refractivity contribution in [1.29, 1.82) is 0 Å². The third kappa shape index (κ3) is 23.1. The van der Waals surface area contributed by atoms with Gasteiger partial charge in [0.05, 0.1) is 33.9 Å². The number of likely N-dealkylation sites (tertiary alicyclic amines) is 3. The van der Waals surface area contributed by atoms with Crippen molar-refractivity contribution in [1.82, 2.24) is 59.9 Å². The number of imidazole rings is 1. The van der Waals surface area contributed by atoms with E-state index in [9.17, 15) is 64.8 Å². The van der Waals surface area contributed by atoms with Crippen LogP contribution in [0.3, 0.4) is 0 Å². The summed E-state index contributed by atoms with van der Waals surface area (Å²) in [6.07, 6.45) is 20.5. The Morgan fingerprint density at radius 2 is 0.921 bits per heavy atom. The fourth-order valence-electron chi connectivity index (χ4n) is 14.4. The van der Waals surface area contributed by atoms with Gasteiger partial charge in [0.15, 0.2) is 11.6 Å². The maximum Gasteiger partial charge on any atom is 0.410 e. The average Bonchev–Trinajstić information content (AvgIpc) is 1.55. The summed E-state index contributed by atoms with van der Waals surface area (Å²) >= 11 is 0. The highest BCUT2D eigenvalue weighted by Crippen LogP contribution is 2.42. The number of carbonyl (C=O) groups is 10. The van der Waals surface area contributed by atoms with Crippen molar-refractivity contribution in [3.8, 4) is 0 Å². The van der Waals surface area contributed by atoms with Crippen LogP contribution in [0.4, 0.5) is 14.4 Å². The van der Waals surface area contributed by atoms with Gasteiger partial charge in [-0.2, -0.15) is 8.61 Å². The van der Waals surface area contributed by atoms with E-state index >= 15 is 0 Å². The number of carbonyl (C=O) groups excluding carboxylic acids is 10. The number of benzene rings is 2. The van der Waals surface area contributed by atoms with Crippen molar-refractivity contribution < 1.29 is 79.0 Å². The van der Waals surface area contributed by atoms with E-state index in [-0.39, 0.29) is 96.0 Å². The van der Waals surface area contributed by atoms with Crippen LogP contribution < -0.4 is 38.1 Å². The van der Waals surface area contributed by atoms with E-state index in [1.165, 1.54) is 82.2 Å². The molecular weight excluding hydrogens is 1510 g/mol. The van der Waals surface area contributed by atoms with Crippen LogP contribution in [-0.4, -0.2) is 238 Å². The zero-order chi connectivity index (χ0) is 83.4. The molecule has 10 N–H and O–H groups in total. The van der Waals surface area contributed by atoms with Gasteiger partial charge in [-0.3, -0.25) is 53.9 Å². The number of sulfonamides is 2. The van der Waals surface area contributed by atoms with Gasteiger partial charge in [0.1, 0.15) is 46.0 Å². The first-order valence-corrected chi connectivity index (χ1v) is 41.3. The summed E-state index contributed by atoms with van der Waals surface area (Å²) in [5.41, 5.74) is 10.2. The number of allylic oxidation sites excluding steroid dienone is 3. The zero-order valence-electron chi connectivity index (χ0n) is 66.7. The molecule has 0 aliphatic carbocycles. The summed E-state index contributed by atoms with van der Waals surface area (Å²) in [4.78, 5) is 144. The normalized spacial score (nSPS) is 21.9. The monoisotopic (exact) mass is 1620 g/mol. The highest BCUT2D eigenvalue weighted by atomic mass is 32.2. The number of hydrogen-bond donors (Lipinski definition) is 8. The Morgan fingerprint density at radius 3 is 1.28 bits per heavy atom. The molecule has 0 radical (unpaired) electrons. The molecule has 7 saturated heterocycles. The highest BCUT2D eigenvalue weighted by Gasteiger charge is 2.60. The standard InChI is InChI=1S/C25H32N4O6S.C20H24N4O4S.C17H26N4O3.C10H17NO3.C6H10N4O/c1-17(30)18-7-9-20(10-8-18)36(33,34)29-21(16-19-6-5-13-26-19)22(31)27-25(29)11-14-28(15-12-25)23(32)35-24(2,3)4;1-14(25)15-4-6-17(7-5-15)29(27,28)24-18(13-16-3-2-10-22-16)19(26)23-20(24)8-11-21-12-9-20;1-16(2,3)24-15(23)21-9-6-17(7-10-21)19-13(14(22)20-17)11-12-5-4-8-18-12;1-10(2,3)14-9(13)11-6-4-8(12)5-7-11;7-5(6(8)11)1-4-2-9-3-10-4/h6-10,13,21H,5,11-12,14-16H2,1-4H3,(H,27,31);3-7,10,18,21H,2,8-9,11-13H2,1H3,(H,23,26);5,8,13,19H,4,6-7,9-11H2,1-3H3,(H,20,22);4-7H2,1-3H3;2-3,5H,1,7H2,(H2,8,11)(H,9,10). The lowest BCUT2D eigenvalue weighted by Gasteiger charge is -2.44. The molecule has 620 valence electrons. The number of Topliss-reactive ketones (excluding diaryl/α,β-unsaturated/α-hetero) is 3. The second-order valence-corrected chi connectivity index (χ2v) is 36.1. The van der Waals surface area contributed by atoms with Gasteiger partial charge in [0.25, 0.3) is 0 Å². The van der Waals surface area contributed by atoms with Crippen LogP contribution in [0.15, 0.2) is 121 Å². The van der Waals surface area contributed by atoms with Crippen molar-refractivity contribution in [2.75, 3.05) is 52.4 Å². The molecule has 36 heteroatoms. The minimum absolute atomic E-state index is 0.00755. The lowest BCUT2D eigenvalue weighted by molar-refractivity contribution is -0.122. The summed E-state index contributed by atoms with van der Waals surface area (Å²) in [6, 6.07) is 8.89. The maximum atomic E-state index is 14.0. The number of nitrogens with two attached hydrogens (primary N) is 2. The smallest absolute Gasteiger partial charge is 0.410 e. The van der Waals surface area contributed by atoms with Crippen molar-refractivity contribution >= 4 is 97.9 Å². The van der Waals surface area contributed by atoms with Crippen LogP contribution in [0.25, 0.3) is 0 Å². The van der Waals surface area contributed by atoms with Crippen molar-refractivity contribution in [3.63, 3.8) is 0 Å². The lowest BCUT2D eigenvalue weighted by atomic mass is 9.97. The van der Waals surface area contributed by atoms with Crippen molar-refractivity contribution in [2.45, 2.75) is 240 Å². The molecule has 2 aromatic carbocycles. The zero-order valence-corrected chi connectivity index (χ0v) is 68.4. The molecule has 7 fully saturated rings. The van der Waals surface area contributed by atoms with Gasteiger partial charge in [0, 0.05) is 181 Å². The number of aromatic nitrogens is 2. The molecule has 4 unspecified atom stereocenters. The lowest BCUT2D eigenvalue weighted by Crippen LogP contribution is -2.61. The summed E-state index contributed by atoms with van der Waals surface area (Å²) in [6.45, 7) is 23.1. The number of nitrogens with zero attached hydrogens (tertiary/aromatic N) is 9. The van der Waals surface area contributed by atoms with Gasteiger partial charge in [-0.25, -0.2) is 36.2 Å². The molecule has 114 heavy (non-hydrogen) atoms. The topological polar surface area (TPSA) is 461 Å². The molecule has 3 spiro atoms. The van der Waals surface area contributed by atoms with Crippen LogP contribution in [0.1, 0.15) is 192 Å². The van der Waals surface area contributed by atoms with E-state index in [2.05, 4.69) is 51.5 Å². The molecule has 4 atom stereocenters. The minimum Gasteiger partial charge on any atom is -0.444 e. The number of primary amides is 1. The summed E-state index contributed by atoms with van der Waals surface area (Å²) in [5.74, 6) is -1.25. The Hall–Kier alpha value is -9.72. The number of hydrogen-bond acceptors (Lipinski definition) is 24. The highest BCUT2D eigenvalue weighted by molar-refractivity contribution is 7.89. The number of ketones is 3. The number of aromatic amines is 1. The predicted octanol–water partition coefficient (Wildman–Crippen LogP) is 5.96. The summed E-state index contributed by atoms with van der Waals surface area (Å²) in [7, 11) is -8.14. The summed E-state index contributed by atoms with van der Waals surface area (Å²) < 4.78 is 74.1. The third-order valence-electron chi connectivity index (χ3n) is 20.1. The molecule has 10 aliphatic rings. The number of ether oxygens (including phenoxy) is 3. The van der Waals surface area contributed by atoms with E-state index < -0.39 is 89.9 Å². The van der Waals surface area contributed by atoms with Gasteiger partial charge in [0.2, 0.25) is 43.7 Å². The van der Waals surface area contributed by atoms with Gasteiger partial charge in [-0.1, -0.05) is 42.5 Å². The number of piperidine rings is 4. The third-order valence-corrected chi connectivity index (χ3v) is 24.1. The molecule has 13 rings (SSSR count). The molecule has 0 saturated carbocycles. The Morgan fingerprint density at radius 1 is 0.535 bits per heavy atom. The van der Waals surface area contributed by atoms with Gasteiger partial charge in [-0.05, 0) is 126 Å². The van der Waals surface area contributed by atoms with E-state index in [0.717, 1.165) is 23.5 Å². The predicted molar refractivity (Wildman–Crippen MR) is 423 cm³/mol. The van der Waals surface area contributed by atoms with Gasteiger partial charge in [-0.15, -0.1) is 0 Å². The Kier molecular flexibility index (Phi) is 28.5. The average molecular weight is 1620 g/mol. The minimum atomic E-state index is -4.15.